The van der Waals surface area contributed by atoms with Gasteiger partial charge in [-0.2, -0.15) is 5.26 Å². The van der Waals surface area contributed by atoms with Crippen LogP contribution in [0.5, 0.6) is 0 Å². The molecule has 0 amide bonds. The van der Waals surface area contributed by atoms with E-state index in [9.17, 15) is 5.26 Å². The maximum atomic E-state index is 9.30. The second-order valence-corrected chi connectivity index (χ2v) is 5.59. The van der Waals surface area contributed by atoms with Crippen LogP contribution in [0.3, 0.4) is 0 Å². The number of pyridine rings is 1. The van der Waals surface area contributed by atoms with Crippen molar-refractivity contribution >= 4 is 5.82 Å². The maximum Gasteiger partial charge on any atom is 0.144 e. The van der Waals surface area contributed by atoms with Gasteiger partial charge in [0.25, 0.3) is 0 Å². The molecular weight excluding hydrogens is 236 g/mol. The Morgan fingerprint density at radius 3 is 3.11 bits per heavy atom. The highest BCUT2D eigenvalue weighted by Gasteiger charge is 2.23. The standard InChI is InChI=1S/C15H20N4/c1-10-13(6-3-7-17-10)18-15-12(9-16)8-11-4-2-5-14(11)19-15/h8,10,13,17H,2-7H2,1H3,(H,18,19). The summed E-state index contributed by atoms with van der Waals surface area (Å²) in [6.07, 6.45) is 5.59. The molecule has 1 aromatic rings. The number of aryl methyl sites for hydroxylation is 2. The number of fused-ring (bicyclic) bond motifs is 1. The first-order valence-electron chi connectivity index (χ1n) is 7.21. The Labute approximate surface area is 114 Å². The molecule has 4 nitrogen and oxygen atoms in total. The van der Waals surface area contributed by atoms with Crippen molar-refractivity contribution in [2.75, 3.05) is 11.9 Å². The molecule has 0 bridgehead atoms. The lowest BCUT2D eigenvalue weighted by Gasteiger charge is -2.31. The first-order chi connectivity index (χ1) is 9.28. The number of hydrogen-bond donors (Lipinski definition) is 2. The van der Waals surface area contributed by atoms with Crippen LogP contribution in [0.2, 0.25) is 0 Å². The van der Waals surface area contributed by atoms with Crippen molar-refractivity contribution in [3.8, 4) is 6.07 Å². The highest BCUT2D eigenvalue weighted by molar-refractivity contribution is 5.55. The SMILES string of the molecule is CC1NCCCC1Nc1nc2c(cc1C#N)CCC2. The molecule has 0 saturated carbocycles. The van der Waals surface area contributed by atoms with Gasteiger partial charge >= 0.3 is 0 Å². The average molecular weight is 256 g/mol. The van der Waals surface area contributed by atoms with E-state index in [4.69, 9.17) is 4.98 Å². The van der Waals surface area contributed by atoms with Gasteiger partial charge in [-0.1, -0.05) is 0 Å². The molecule has 2 N–H and O–H groups in total. The van der Waals surface area contributed by atoms with Crippen molar-refractivity contribution in [2.24, 2.45) is 0 Å². The van der Waals surface area contributed by atoms with Gasteiger partial charge in [-0.25, -0.2) is 4.98 Å². The minimum Gasteiger partial charge on any atom is -0.365 e. The third kappa shape index (κ3) is 2.43. The number of anilines is 1. The molecule has 1 aliphatic carbocycles. The van der Waals surface area contributed by atoms with E-state index in [-0.39, 0.29) is 0 Å². The lowest BCUT2D eigenvalue weighted by molar-refractivity contribution is 0.388. The van der Waals surface area contributed by atoms with E-state index < -0.39 is 0 Å². The van der Waals surface area contributed by atoms with E-state index in [1.54, 1.807) is 0 Å². The van der Waals surface area contributed by atoms with Crippen LogP contribution in [0, 0.1) is 11.3 Å². The molecule has 4 heteroatoms. The van der Waals surface area contributed by atoms with E-state index in [2.05, 4.69) is 23.6 Å². The third-order valence-electron chi connectivity index (χ3n) is 4.26. The average Bonchev–Trinajstić information content (AvgIpc) is 2.87. The van der Waals surface area contributed by atoms with E-state index in [1.165, 1.54) is 17.7 Å². The fourth-order valence-corrected chi connectivity index (χ4v) is 3.08. The molecule has 2 aliphatic rings. The van der Waals surface area contributed by atoms with Gasteiger partial charge in [0.15, 0.2) is 0 Å². The van der Waals surface area contributed by atoms with Crippen molar-refractivity contribution in [1.82, 2.24) is 10.3 Å². The van der Waals surface area contributed by atoms with E-state index in [1.807, 2.05) is 6.07 Å². The Morgan fingerprint density at radius 1 is 1.42 bits per heavy atom. The zero-order chi connectivity index (χ0) is 13.2. The fourth-order valence-electron chi connectivity index (χ4n) is 3.08. The predicted octanol–water partition coefficient (Wildman–Crippen LogP) is 1.99. The minimum absolute atomic E-state index is 0.368. The summed E-state index contributed by atoms with van der Waals surface area (Å²) in [5.41, 5.74) is 3.13. The summed E-state index contributed by atoms with van der Waals surface area (Å²) in [4.78, 5) is 4.69. The van der Waals surface area contributed by atoms with Gasteiger partial charge in [0.05, 0.1) is 5.56 Å². The van der Waals surface area contributed by atoms with Crippen LogP contribution in [0.1, 0.15) is 43.0 Å². The number of rotatable bonds is 2. The summed E-state index contributed by atoms with van der Waals surface area (Å²) in [6.45, 7) is 3.28. The molecule has 0 radical (unpaired) electrons. The van der Waals surface area contributed by atoms with Crippen LogP contribution >= 0.6 is 0 Å². The summed E-state index contributed by atoms with van der Waals surface area (Å²) in [5, 5.41) is 16.3. The van der Waals surface area contributed by atoms with Crippen LogP contribution in [0.4, 0.5) is 5.82 Å². The summed E-state index contributed by atoms with van der Waals surface area (Å²) >= 11 is 0. The smallest absolute Gasteiger partial charge is 0.144 e. The van der Waals surface area contributed by atoms with E-state index in [0.717, 1.165) is 38.0 Å². The maximum absolute atomic E-state index is 9.30. The zero-order valence-corrected chi connectivity index (χ0v) is 11.4. The Hall–Kier alpha value is -1.60. The predicted molar refractivity (Wildman–Crippen MR) is 75.1 cm³/mol. The summed E-state index contributed by atoms with van der Waals surface area (Å²) in [5.74, 6) is 0.781. The fraction of sp³-hybridized carbons (Fsp3) is 0.600. The largest absolute Gasteiger partial charge is 0.365 e. The Kier molecular flexibility index (Phi) is 3.39. The minimum atomic E-state index is 0.368. The van der Waals surface area contributed by atoms with Crippen LogP contribution < -0.4 is 10.6 Å². The highest BCUT2D eigenvalue weighted by atomic mass is 15.1. The van der Waals surface area contributed by atoms with Gasteiger partial charge in [0.2, 0.25) is 0 Å². The van der Waals surface area contributed by atoms with E-state index in [0.29, 0.717) is 17.6 Å². The topological polar surface area (TPSA) is 60.7 Å². The zero-order valence-electron chi connectivity index (χ0n) is 11.4. The Morgan fingerprint density at radius 2 is 2.32 bits per heavy atom. The molecule has 3 rings (SSSR count). The molecule has 2 heterocycles. The van der Waals surface area contributed by atoms with Gasteiger partial charge in [-0.3, -0.25) is 0 Å². The van der Waals surface area contributed by atoms with E-state index >= 15 is 0 Å². The Balaban J connectivity index is 1.85. The molecule has 1 aliphatic heterocycles. The Bertz CT molecular complexity index is 518. The number of nitrogens with zero attached hydrogens (tertiary/aromatic N) is 2. The first-order valence-corrected chi connectivity index (χ1v) is 7.21. The normalized spacial score (nSPS) is 25.7. The van der Waals surface area contributed by atoms with Gasteiger partial charge < -0.3 is 10.6 Å². The number of nitriles is 1. The van der Waals surface area contributed by atoms with Gasteiger partial charge in [-0.05, 0) is 57.2 Å². The second kappa shape index (κ2) is 5.18. The van der Waals surface area contributed by atoms with Gasteiger partial charge in [-0.15, -0.1) is 0 Å². The summed E-state index contributed by atoms with van der Waals surface area (Å²) in [7, 11) is 0. The molecule has 1 fully saturated rings. The monoisotopic (exact) mass is 256 g/mol. The molecule has 100 valence electrons. The number of hydrogen-bond acceptors (Lipinski definition) is 4. The molecule has 1 saturated heterocycles. The van der Waals surface area contributed by atoms with Crippen LogP contribution in [0.15, 0.2) is 6.07 Å². The third-order valence-corrected chi connectivity index (χ3v) is 4.26. The van der Waals surface area contributed by atoms with Crippen LogP contribution in [0.25, 0.3) is 0 Å². The number of nitrogens with one attached hydrogen (secondary N) is 2. The van der Waals surface area contributed by atoms with Gasteiger partial charge in [0, 0.05) is 17.8 Å². The molecule has 19 heavy (non-hydrogen) atoms. The number of aromatic nitrogens is 1. The van der Waals surface area contributed by atoms with Crippen LogP contribution in [-0.4, -0.2) is 23.6 Å². The molecule has 2 unspecified atom stereocenters. The first kappa shape index (κ1) is 12.4. The highest BCUT2D eigenvalue weighted by Crippen LogP contribution is 2.26. The number of piperidine rings is 1. The molecular formula is C15H20N4. The molecule has 0 spiro atoms. The van der Waals surface area contributed by atoms with Crippen molar-refractivity contribution in [2.45, 2.75) is 51.1 Å². The quantitative estimate of drug-likeness (QED) is 0.849. The summed E-state index contributed by atoms with van der Waals surface area (Å²) < 4.78 is 0. The molecule has 2 atom stereocenters. The van der Waals surface area contributed by atoms with Crippen molar-refractivity contribution in [1.29, 1.82) is 5.26 Å². The van der Waals surface area contributed by atoms with Crippen molar-refractivity contribution in [3.63, 3.8) is 0 Å². The van der Waals surface area contributed by atoms with Gasteiger partial charge in [0.1, 0.15) is 11.9 Å². The van der Waals surface area contributed by atoms with Crippen LogP contribution in [-0.2, 0) is 12.8 Å². The molecule has 1 aromatic heterocycles. The van der Waals surface area contributed by atoms with Crippen molar-refractivity contribution in [3.05, 3.63) is 22.9 Å². The van der Waals surface area contributed by atoms with Crippen molar-refractivity contribution < 1.29 is 0 Å². The lowest BCUT2D eigenvalue weighted by atomic mass is 9.99. The molecule has 0 aromatic carbocycles. The lowest BCUT2D eigenvalue weighted by Crippen LogP contribution is -2.46. The summed E-state index contributed by atoms with van der Waals surface area (Å²) in [6, 6.07) is 5.11. The second-order valence-electron chi connectivity index (χ2n) is 5.59.